The van der Waals surface area contributed by atoms with Crippen LogP contribution in [-0.4, -0.2) is 58.5 Å². The second kappa shape index (κ2) is 7.50. The second-order valence-corrected chi connectivity index (χ2v) is 6.09. The van der Waals surface area contributed by atoms with Crippen molar-refractivity contribution in [3.05, 3.63) is 0 Å². The first-order valence-corrected chi connectivity index (χ1v) is 7.18. The second-order valence-electron chi connectivity index (χ2n) is 3.56. The molecule has 0 fully saturated rings. The molecule has 1 atom stereocenters. The van der Waals surface area contributed by atoms with Gasteiger partial charge in [0, 0.05) is 6.17 Å². The van der Waals surface area contributed by atoms with Gasteiger partial charge in [-0.1, -0.05) is 20.8 Å². The molecule has 0 amide bonds. The molecule has 3 nitrogen and oxygen atoms in total. The maximum absolute atomic E-state index is 3.64. The van der Waals surface area contributed by atoms with Gasteiger partial charge in [0.2, 0.25) is 9.12 Å². The van der Waals surface area contributed by atoms with Crippen LogP contribution < -0.4 is 4.98 Å². The Kier molecular flexibility index (Phi) is 7.55. The Morgan fingerprint density at radius 3 is 1.92 bits per heavy atom. The molecule has 0 heterocycles. The fourth-order valence-corrected chi connectivity index (χ4v) is 4.22. The normalized spacial score (nSPS) is 14.1. The summed E-state index contributed by atoms with van der Waals surface area (Å²) < 4.78 is 2.59. The van der Waals surface area contributed by atoms with E-state index in [0.29, 0.717) is 0 Å². The molecule has 0 aromatic rings. The summed E-state index contributed by atoms with van der Waals surface area (Å²) >= 11 is 0. The first-order chi connectivity index (χ1) is 6.15. The monoisotopic (exact) mass is 203 g/mol. The molecule has 0 radical (unpaired) electrons. The van der Waals surface area contributed by atoms with E-state index in [9.17, 15) is 0 Å². The van der Waals surface area contributed by atoms with Crippen LogP contribution in [0.4, 0.5) is 0 Å². The van der Waals surface area contributed by atoms with Gasteiger partial charge in [-0.2, -0.15) is 0 Å². The highest BCUT2D eigenvalue weighted by atomic mass is 28.3. The largest absolute Gasteiger partial charge is 0.327 e. The van der Waals surface area contributed by atoms with Gasteiger partial charge < -0.3 is 14.4 Å². The van der Waals surface area contributed by atoms with Crippen molar-refractivity contribution in [3.8, 4) is 0 Å². The van der Waals surface area contributed by atoms with E-state index in [2.05, 4.69) is 49.3 Å². The molecule has 1 unspecified atom stereocenters. The summed E-state index contributed by atoms with van der Waals surface area (Å²) in [7, 11) is 3.41. The lowest BCUT2D eigenvalue weighted by Gasteiger charge is -2.30. The average molecular weight is 203 g/mol. The fourth-order valence-electron chi connectivity index (χ4n) is 1.55. The van der Waals surface area contributed by atoms with E-state index in [-0.39, 0.29) is 0 Å². The maximum Gasteiger partial charge on any atom is 0.201 e. The van der Waals surface area contributed by atoms with Gasteiger partial charge in [-0.15, -0.1) is 0 Å². The van der Waals surface area contributed by atoms with Gasteiger partial charge >= 0.3 is 0 Å². The first-order valence-electron chi connectivity index (χ1n) is 5.27. The van der Waals surface area contributed by atoms with Crippen LogP contribution in [0.25, 0.3) is 0 Å². The van der Waals surface area contributed by atoms with E-state index in [1.54, 1.807) is 0 Å². The molecule has 0 aromatic heterocycles. The Bertz CT molecular complexity index is 115. The molecule has 0 bridgehead atoms. The van der Waals surface area contributed by atoms with Crippen molar-refractivity contribution in [2.75, 3.05) is 39.9 Å². The number of rotatable bonds is 7. The highest BCUT2D eigenvalue weighted by molar-refractivity contribution is 6.53. The van der Waals surface area contributed by atoms with Crippen LogP contribution in [0.15, 0.2) is 0 Å². The SMILES string of the molecule is CCN[SiH](CN(C)C)N(CC)CC. The van der Waals surface area contributed by atoms with Crippen molar-refractivity contribution in [2.24, 2.45) is 0 Å². The van der Waals surface area contributed by atoms with Gasteiger partial charge in [-0.05, 0) is 33.7 Å². The zero-order chi connectivity index (χ0) is 10.3. The van der Waals surface area contributed by atoms with E-state index in [4.69, 9.17) is 0 Å². The Morgan fingerprint density at radius 1 is 1.08 bits per heavy atom. The third kappa shape index (κ3) is 5.41. The van der Waals surface area contributed by atoms with Crippen molar-refractivity contribution >= 4 is 9.12 Å². The Labute approximate surface area is 84.9 Å². The third-order valence-corrected chi connectivity index (χ3v) is 5.80. The zero-order valence-corrected chi connectivity index (χ0v) is 11.0. The summed E-state index contributed by atoms with van der Waals surface area (Å²) in [6.07, 6.45) is 1.22. The smallest absolute Gasteiger partial charge is 0.201 e. The van der Waals surface area contributed by atoms with Crippen molar-refractivity contribution in [3.63, 3.8) is 0 Å². The van der Waals surface area contributed by atoms with Crippen molar-refractivity contribution in [2.45, 2.75) is 20.8 Å². The van der Waals surface area contributed by atoms with E-state index in [0.717, 1.165) is 6.54 Å². The average Bonchev–Trinajstić information content (AvgIpc) is 2.05. The molecule has 4 heteroatoms. The molecule has 0 aromatic carbocycles. The summed E-state index contributed by atoms with van der Waals surface area (Å²) in [5.41, 5.74) is 0. The van der Waals surface area contributed by atoms with Crippen molar-refractivity contribution < 1.29 is 0 Å². The van der Waals surface area contributed by atoms with E-state index in [1.807, 2.05) is 0 Å². The van der Waals surface area contributed by atoms with Gasteiger partial charge in [0.25, 0.3) is 0 Å². The molecule has 0 spiro atoms. The van der Waals surface area contributed by atoms with Gasteiger partial charge in [-0.25, -0.2) is 0 Å². The molecule has 0 saturated carbocycles. The Hall–Kier alpha value is 0.0969. The molecule has 80 valence electrons. The number of nitrogens with one attached hydrogen (secondary N) is 1. The topological polar surface area (TPSA) is 18.5 Å². The van der Waals surface area contributed by atoms with Crippen molar-refractivity contribution in [1.82, 2.24) is 14.4 Å². The van der Waals surface area contributed by atoms with Crippen LogP contribution in [0.5, 0.6) is 0 Å². The first kappa shape index (κ1) is 13.1. The van der Waals surface area contributed by atoms with Gasteiger partial charge in [0.05, 0.1) is 0 Å². The predicted octanol–water partition coefficient (Wildman–Crippen LogP) is 0.259. The number of hydrogen-bond acceptors (Lipinski definition) is 3. The molecular formula is C9H25N3Si. The molecular weight excluding hydrogens is 178 g/mol. The van der Waals surface area contributed by atoms with Gasteiger partial charge in [-0.3, -0.25) is 0 Å². The summed E-state index contributed by atoms with van der Waals surface area (Å²) in [4.78, 5) is 5.93. The highest BCUT2D eigenvalue weighted by Gasteiger charge is 2.17. The minimum Gasteiger partial charge on any atom is -0.327 e. The Balaban J connectivity index is 4.03. The fraction of sp³-hybridized carbons (Fsp3) is 1.00. The van der Waals surface area contributed by atoms with Crippen LogP contribution in [0.3, 0.4) is 0 Å². The molecule has 0 aliphatic carbocycles. The van der Waals surface area contributed by atoms with Crippen molar-refractivity contribution in [1.29, 1.82) is 0 Å². The van der Waals surface area contributed by atoms with Crippen LogP contribution in [0, 0.1) is 0 Å². The summed E-state index contributed by atoms with van der Waals surface area (Å²) in [5.74, 6) is 0. The third-order valence-electron chi connectivity index (χ3n) is 2.23. The van der Waals surface area contributed by atoms with Gasteiger partial charge in [0.1, 0.15) is 0 Å². The number of nitrogens with zero attached hydrogens (tertiary/aromatic N) is 2. The lowest BCUT2D eigenvalue weighted by atomic mass is 10.7. The quantitative estimate of drug-likeness (QED) is 0.599. The lowest BCUT2D eigenvalue weighted by Crippen LogP contribution is -2.55. The predicted molar refractivity (Wildman–Crippen MR) is 62.3 cm³/mol. The minimum atomic E-state index is -0.897. The zero-order valence-electron chi connectivity index (χ0n) is 9.80. The summed E-state index contributed by atoms with van der Waals surface area (Å²) in [5, 5.41) is 0. The molecule has 0 saturated heterocycles. The molecule has 0 rings (SSSR count). The number of hydrogen-bond donors (Lipinski definition) is 1. The lowest BCUT2D eigenvalue weighted by molar-refractivity contribution is 0.414. The molecule has 0 aliphatic heterocycles. The summed E-state index contributed by atoms with van der Waals surface area (Å²) in [6, 6.07) is 0. The van der Waals surface area contributed by atoms with Gasteiger partial charge in [0.15, 0.2) is 0 Å². The minimum absolute atomic E-state index is 0.897. The Morgan fingerprint density at radius 2 is 1.62 bits per heavy atom. The van der Waals surface area contributed by atoms with Crippen LogP contribution in [0.2, 0.25) is 0 Å². The molecule has 0 aliphatic rings. The van der Waals surface area contributed by atoms with E-state index >= 15 is 0 Å². The van der Waals surface area contributed by atoms with Crippen LogP contribution in [-0.2, 0) is 0 Å². The maximum atomic E-state index is 3.64. The van der Waals surface area contributed by atoms with E-state index in [1.165, 1.54) is 19.3 Å². The highest BCUT2D eigenvalue weighted by Crippen LogP contribution is 1.92. The molecule has 13 heavy (non-hydrogen) atoms. The van der Waals surface area contributed by atoms with Crippen LogP contribution in [0.1, 0.15) is 20.8 Å². The molecule has 1 N–H and O–H groups in total. The van der Waals surface area contributed by atoms with E-state index < -0.39 is 9.12 Å². The standard InChI is InChI=1S/C9H25N3Si/c1-6-10-13(9-11(4)5)12(7-2)8-3/h10,13H,6-9H2,1-5H3. The van der Waals surface area contributed by atoms with Crippen LogP contribution >= 0.6 is 0 Å². The summed E-state index contributed by atoms with van der Waals surface area (Å²) in [6.45, 7) is 10.1.